The second-order valence-electron chi connectivity index (χ2n) is 5.78. The minimum Gasteiger partial charge on any atom is -0.389 e. The highest BCUT2D eigenvalue weighted by Gasteiger charge is 2.45. The first kappa shape index (κ1) is 11.9. The molecule has 0 aromatic carbocycles. The third kappa shape index (κ3) is 1.75. The smallest absolute Gasteiger partial charge is 0.0759 e. The van der Waals surface area contributed by atoms with Crippen LogP contribution >= 0.6 is 0 Å². The van der Waals surface area contributed by atoms with Gasteiger partial charge < -0.3 is 5.11 Å². The first-order valence-electron chi connectivity index (χ1n) is 6.58. The van der Waals surface area contributed by atoms with E-state index in [4.69, 9.17) is 0 Å². The molecule has 0 amide bonds. The van der Waals surface area contributed by atoms with Crippen LogP contribution in [0, 0.1) is 23.7 Å². The van der Waals surface area contributed by atoms with Crippen LogP contribution in [0.4, 0.5) is 0 Å². The molecule has 0 spiro atoms. The summed E-state index contributed by atoms with van der Waals surface area (Å²) in [5.74, 6) is 2.56. The van der Waals surface area contributed by atoms with Gasteiger partial charge in [-0.2, -0.15) is 0 Å². The molecule has 2 saturated carbocycles. The molecule has 0 aromatic heterocycles. The lowest BCUT2D eigenvalue weighted by Crippen LogP contribution is -2.30. The lowest BCUT2D eigenvalue weighted by molar-refractivity contribution is 0.201. The highest BCUT2D eigenvalue weighted by molar-refractivity contribution is 5.27. The highest BCUT2D eigenvalue weighted by atomic mass is 16.3. The maximum absolute atomic E-state index is 10.1. The summed E-state index contributed by atoms with van der Waals surface area (Å²) in [6, 6.07) is 0. The SMILES string of the molecule is C=C1CC[C@@H](C(C)C)[C@@H]2/C(=C/C)[C@@H](O)C[C@@H]12. The van der Waals surface area contributed by atoms with Crippen molar-refractivity contribution in [3.63, 3.8) is 0 Å². The number of hydrogen-bond acceptors (Lipinski definition) is 1. The number of rotatable bonds is 1. The maximum atomic E-state index is 10.1. The average Bonchev–Trinajstić information content (AvgIpc) is 2.55. The Labute approximate surface area is 99.3 Å². The van der Waals surface area contributed by atoms with E-state index in [1.807, 2.05) is 0 Å². The molecule has 0 bridgehead atoms. The van der Waals surface area contributed by atoms with Crippen molar-refractivity contribution in [3.8, 4) is 0 Å². The molecule has 2 aliphatic carbocycles. The third-order valence-corrected chi connectivity index (χ3v) is 4.65. The fourth-order valence-corrected chi connectivity index (χ4v) is 3.79. The quantitative estimate of drug-likeness (QED) is 0.670. The van der Waals surface area contributed by atoms with Crippen LogP contribution in [0.2, 0.25) is 0 Å². The summed E-state index contributed by atoms with van der Waals surface area (Å²) >= 11 is 0. The van der Waals surface area contributed by atoms with E-state index in [-0.39, 0.29) is 6.10 Å². The second-order valence-corrected chi connectivity index (χ2v) is 5.78. The van der Waals surface area contributed by atoms with Gasteiger partial charge in [0.1, 0.15) is 0 Å². The second kappa shape index (κ2) is 4.37. The zero-order valence-corrected chi connectivity index (χ0v) is 10.7. The summed E-state index contributed by atoms with van der Waals surface area (Å²) in [7, 11) is 0. The van der Waals surface area contributed by atoms with Gasteiger partial charge in [0.15, 0.2) is 0 Å². The molecule has 0 saturated heterocycles. The number of aliphatic hydroxyl groups is 1. The van der Waals surface area contributed by atoms with Crippen molar-refractivity contribution < 1.29 is 5.11 Å². The van der Waals surface area contributed by atoms with Gasteiger partial charge in [0.05, 0.1) is 6.10 Å². The van der Waals surface area contributed by atoms with Crippen molar-refractivity contribution in [1.82, 2.24) is 0 Å². The Morgan fingerprint density at radius 2 is 2.12 bits per heavy atom. The maximum Gasteiger partial charge on any atom is 0.0759 e. The van der Waals surface area contributed by atoms with Crippen LogP contribution in [0.15, 0.2) is 23.8 Å². The summed E-state index contributed by atoms with van der Waals surface area (Å²) in [5, 5.41) is 10.1. The summed E-state index contributed by atoms with van der Waals surface area (Å²) in [4.78, 5) is 0. The van der Waals surface area contributed by atoms with Crippen molar-refractivity contribution in [1.29, 1.82) is 0 Å². The van der Waals surface area contributed by atoms with E-state index in [9.17, 15) is 5.11 Å². The van der Waals surface area contributed by atoms with Crippen LogP contribution in [0.1, 0.15) is 40.0 Å². The van der Waals surface area contributed by atoms with Gasteiger partial charge in [0, 0.05) is 0 Å². The zero-order valence-electron chi connectivity index (χ0n) is 10.7. The van der Waals surface area contributed by atoms with E-state index in [2.05, 4.69) is 33.4 Å². The number of hydrogen-bond donors (Lipinski definition) is 1. The molecule has 1 nitrogen and oxygen atoms in total. The summed E-state index contributed by atoms with van der Waals surface area (Å²) in [6.07, 6.45) is 5.25. The lowest BCUT2D eigenvalue weighted by atomic mass is 9.66. The standard InChI is InChI=1S/C15H24O/c1-5-11-14(16)8-13-10(4)6-7-12(9(2)3)15(11)13/h5,9,12-16H,4,6-8H2,1-3H3/b11-5+/t12-,13-,14-,15-/m0/s1. The Bertz CT molecular complexity index is 313. The number of aliphatic hydroxyl groups excluding tert-OH is 1. The summed E-state index contributed by atoms with van der Waals surface area (Å²) in [5.41, 5.74) is 2.65. The molecule has 1 heteroatoms. The van der Waals surface area contributed by atoms with Gasteiger partial charge in [-0.25, -0.2) is 0 Å². The van der Waals surface area contributed by atoms with Gasteiger partial charge in [0.25, 0.3) is 0 Å². The van der Waals surface area contributed by atoms with Gasteiger partial charge in [-0.05, 0) is 55.4 Å². The Kier molecular flexibility index (Phi) is 3.25. The molecule has 1 N–H and O–H groups in total. The predicted molar refractivity (Wildman–Crippen MR) is 68.1 cm³/mol. The molecule has 16 heavy (non-hydrogen) atoms. The monoisotopic (exact) mass is 220 g/mol. The lowest BCUT2D eigenvalue weighted by Gasteiger charge is -2.38. The topological polar surface area (TPSA) is 20.2 Å². The molecule has 2 rings (SSSR count). The van der Waals surface area contributed by atoms with Crippen molar-refractivity contribution in [2.45, 2.75) is 46.1 Å². The van der Waals surface area contributed by atoms with E-state index in [1.165, 1.54) is 17.6 Å². The van der Waals surface area contributed by atoms with Gasteiger partial charge in [0.2, 0.25) is 0 Å². The van der Waals surface area contributed by atoms with E-state index in [0.29, 0.717) is 17.8 Å². The normalized spacial score (nSPS) is 41.8. The Morgan fingerprint density at radius 1 is 1.44 bits per heavy atom. The number of allylic oxidation sites excluding steroid dienone is 2. The van der Waals surface area contributed by atoms with Crippen LogP contribution in [-0.4, -0.2) is 11.2 Å². The fourth-order valence-electron chi connectivity index (χ4n) is 3.79. The van der Waals surface area contributed by atoms with Crippen LogP contribution < -0.4 is 0 Å². The predicted octanol–water partition coefficient (Wildman–Crippen LogP) is 3.55. The highest BCUT2D eigenvalue weighted by Crippen LogP contribution is 2.52. The molecule has 0 unspecified atom stereocenters. The molecule has 0 aromatic rings. The first-order chi connectivity index (χ1) is 7.56. The zero-order chi connectivity index (χ0) is 11.9. The Morgan fingerprint density at radius 3 is 2.69 bits per heavy atom. The fraction of sp³-hybridized carbons (Fsp3) is 0.733. The summed E-state index contributed by atoms with van der Waals surface area (Å²) in [6.45, 7) is 10.9. The summed E-state index contributed by atoms with van der Waals surface area (Å²) < 4.78 is 0. The minimum absolute atomic E-state index is 0.212. The Hall–Kier alpha value is -0.560. The molecule has 2 fully saturated rings. The first-order valence-corrected chi connectivity index (χ1v) is 6.58. The van der Waals surface area contributed by atoms with Crippen LogP contribution in [-0.2, 0) is 0 Å². The molecular weight excluding hydrogens is 196 g/mol. The van der Waals surface area contributed by atoms with Crippen LogP contribution in [0.3, 0.4) is 0 Å². The van der Waals surface area contributed by atoms with Crippen molar-refractivity contribution in [2.24, 2.45) is 23.7 Å². The van der Waals surface area contributed by atoms with Gasteiger partial charge in [-0.15, -0.1) is 0 Å². The van der Waals surface area contributed by atoms with Crippen molar-refractivity contribution in [2.75, 3.05) is 0 Å². The van der Waals surface area contributed by atoms with Crippen molar-refractivity contribution >= 4 is 0 Å². The Balaban J connectivity index is 2.32. The average molecular weight is 220 g/mol. The molecule has 0 heterocycles. The molecule has 90 valence electrons. The van der Waals surface area contributed by atoms with Crippen molar-refractivity contribution in [3.05, 3.63) is 23.8 Å². The molecule has 4 atom stereocenters. The van der Waals surface area contributed by atoms with E-state index >= 15 is 0 Å². The van der Waals surface area contributed by atoms with E-state index in [1.54, 1.807) is 0 Å². The minimum atomic E-state index is -0.212. The largest absolute Gasteiger partial charge is 0.389 e. The number of fused-ring (bicyclic) bond motifs is 1. The molecule has 0 aliphatic heterocycles. The van der Waals surface area contributed by atoms with E-state index < -0.39 is 0 Å². The van der Waals surface area contributed by atoms with Gasteiger partial charge in [-0.1, -0.05) is 32.1 Å². The van der Waals surface area contributed by atoms with Gasteiger partial charge >= 0.3 is 0 Å². The van der Waals surface area contributed by atoms with Crippen LogP contribution in [0.5, 0.6) is 0 Å². The molecular formula is C15H24O. The third-order valence-electron chi connectivity index (χ3n) is 4.65. The van der Waals surface area contributed by atoms with Gasteiger partial charge in [-0.3, -0.25) is 0 Å². The van der Waals surface area contributed by atoms with Crippen LogP contribution in [0.25, 0.3) is 0 Å². The van der Waals surface area contributed by atoms with E-state index in [0.717, 1.165) is 18.8 Å². The molecule has 2 aliphatic rings. The molecule has 0 radical (unpaired) electrons.